The molecule has 1 amide bonds. The van der Waals surface area contributed by atoms with E-state index in [-0.39, 0.29) is 11.8 Å². The van der Waals surface area contributed by atoms with E-state index >= 15 is 0 Å². The molecule has 2 fully saturated rings. The number of aliphatic hydroxyl groups excluding tert-OH is 2. The largest absolute Gasteiger partial charge is 0.390 e. The number of aromatic nitrogens is 1. The normalized spacial score (nSPS) is 23.2. The predicted molar refractivity (Wildman–Crippen MR) is 102 cm³/mol. The third kappa shape index (κ3) is 5.49. The Labute approximate surface area is 159 Å². The van der Waals surface area contributed by atoms with Gasteiger partial charge in [-0.3, -0.25) is 4.79 Å². The van der Waals surface area contributed by atoms with Gasteiger partial charge in [-0.1, -0.05) is 32.1 Å². The van der Waals surface area contributed by atoms with Gasteiger partial charge < -0.3 is 21.3 Å². The van der Waals surface area contributed by atoms with Crippen molar-refractivity contribution in [2.75, 3.05) is 0 Å². The maximum absolute atomic E-state index is 12.6. The van der Waals surface area contributed by atoms with Gasteiger partial charge in [0.25, 0.3) is 0 Å². The molecule has 0 spiro atoms. The zero-order chi connectivity index (χ0) is 18.5. The summed E-state index contributed by atoms with van der Waals surface area (Å²) in [6.07, 6.45) is 7.22. The lowest BCUT2D eigenvalue weighted by Gasteiger charge is -2.33. The number of carbonyl (C=O) groups excluding carboxylic acids is 1. The van der Waals surface area contributed by atoms with E-state index in [0.29, 0.717) is 18.8 Å². The van der Waals surface area contributed by atoms with Crippen LogP contribution in [0.15, 0.2) is 10.9 Å². The minimum atomic E-state index is -0.931. The van der Waals surface area contributed by atoms with Crippen LogP contribution in [0.4, 0.5) is 0 Å². The van der Waals surface area contributed by atoms with Gasteiger partial charge in [-0.05, 0) is 31.1 Å². The average Bonchev–Trinajstić information content (AvgIpc) is 3.38. The van der Waals surface area contributed by atoms with E-state index in [1.54, 1.807) is 5.51 Å². The van der Waals surface area contributed by atoms with Gasteiger partial charge in [-0.25, -0.2) is 4.98 Å². The smallest absolute Gasteiger partial charge is 0.237 e. The molecule has 0 saturated heterocycles. The fourth-order valence-electron chi connectivity index (χ4n) is 3.97. The molecule has 1 aromatic rings. The molecule has 1 heterocycles. The Morgan fingerprint density at radius 1 is 1.27 bits per heavy atom. The van der Waals surface area contributed by atoms with Gasteiger partial charge in [0.2, 0.25) is 5.91 Å². The van der Waals surface area contributed by atoms with Crippen LogP contribution in [0.1, 0.15) is 57.1 Å². The van der Waals surface area contributed by atoms with Crippen LogP contribution in [0.5, 0.6) is 0 Å². The van der Waals surface area contributed by atoms with E-state index in [1.165, 1.54) is 30.6 Å². The van der Waals surface area contributed by atoms with E-state index in [2.05, 4.69) is 10.3 Å². The molecule has 0 aromatic carbocycles. The first-order valence-corrected chi connectivity index (χ1v) is 10.8. The molecule has 146 valence electrons. The number of hydrogen-bond acceptors (Lipinski definition) is 6. The van der Waals surface area contributed by atoms with Crippen molar-refractivity contribution in [1.82, 2.24) is 10.3 Å². The summed E-state index contributed by atoms with van der Waals surface area (Å²) < 4.78 is 0. The Hall–Kier alpha value is -1.02. The lowest BCUT2D eigenvalue weighted by Crippen LogP contribution is -2.54. The summed E-state index contributed by atoms with van der Waals surface area (Å²) >= 11 is 1.48. The summed E-state index contributed by atoms with van der Waals surface area (Å²) in [7, 11) is 0. The molecule has 26 heavy (non-hydrogen) atoms. The zero-order valence-corrected chi connectivity index (χ0v) is 16.0. The van der Waals surface area contributed by atoms with Crippen molar-refractivity contribution >= 4 is 17.2 Å². The van der Waals surface area contributed by atoms with Crippen molar-refractivity contribution in [3.8, 4) is 0 Å². The van der Waals surface area contributed by atoms with Crippen LogP contribution in [0.2, 0.25) is 0 Å². The van der Waals surface area contributed by atoms with Gasteiger partial charge in [0.15, 0.2) is 0 Å². The number of aliphatic hydroxyl groups is 2. The first-order valence-electron chi connectivity index (χ1n) is 9.83. The van der Waals surface area contributed by atoms with Crippen molar-refractivity contribution in [3.63, 3.8) is 0 Å². The van der Waals surface area contributed by atoms with E-state index in [4.69, 9.17) is 5.73 Å². The van der Waals surface area contributed by atoms with Crippen LogP contribution in [0.3, 0.4) is 0 Å². The topological polar surface area (TPSA) is 108 Å². The summed E-state index contributed by atoms with van der Waals surface area (Å²) in [4.78, 5) is 16.8. The number of nitrogens with zero attached hydrogens (tertiary/aromatic N) is 1. The van der Waals surface area contributed by atoms with Gasteiger partial charge >= 0.3 is 0 Å². The highest BCUT2D eigenvalue weighted by Crippen LogP contribution is 2.36. The molecular formula is C19H31N3O3S. The summed E-state index contributed by atoms with van der Waals surface area (Å²) in [5.74, 6) is 0.380. The Balaban J connectivity index is 1.60. The lowest BCUT2D eigenvalue weighted by atomic mass is 9.82. The fraction of sp³-hybridized carbons (Fsp3) is 0.789. The molecule has 1 aromatic heterocycles. The number of rotatable bonds is 9. The molecule has 0 radical (unpaired) electrons. The Morgan fingerprint density at radius 3 is 2.62 bits per heavy atom. The predicted octanol–water partition coefficient (Wildman–Crippen LogP) is 1.60. The van der Waals surface area contributed by atoms with Gasteiger partial charge in [-0.2, -0.15) is 0 Å². The maximum atomic E-state index is 12.6. The summed E-state index contributed by atoms with van der Waals surface area (Å²) in [6.45, 7) is 0. The molecule has 0 unspecified atom stereocenters. The Bertz CT molecular complexity index is 558. The molecule has 7 heteroatoms. The summed E-state index contributed by atoms with van der Waals surface area (Å²) in [5.41, 5.74) is 8.58. The first kappa shape index (κ1) is 19.7. The van der Waals surface area contributed by atoms with Gasteiger partial charge in [-0.15, -0.1) is 11.3 Å². The highest BCUT2D eigenvalue weighted by Gasteiger charge is 2.39. The maximum Gasteiger partial charge on any atom is 0.237 e. The highest BCUT2D eigenvalue weighted by molar-refractivity contribution is 7.07. The molecular weight excluding hydrogens is 350 g/mol. The molecule has 2 saturated carbocycles. The average molecular weight is 382 g/mol. The number of nitrogens with two attached hydrogens (primary N) is 1. The molecule has 0 aliphatic heterocycles. The first-order chi connectivity index (χ1) is 12.5. The van der Waals surface area contributed by atoms with E-state index in [0.717, 1.165) is 31.4 Å². The quantitative estimate of drug-likeness (QED) is 0.520. The Morgan fingerprint density at radius 2 is 2.00 bits per heavy atom. The molecule has 0 bridgehead atoms. The highest BCUT2D eigenvalue weighted by atomic mass is 32.1. The molecule has 4 atom stereocenters. The lowest BCUT2D eigenvalue weighted by molar-refractivity contribution is -0.125. The van der Waals surface area contributed by atoms with Crippen LogP contribution < -0.4 is 11.1 Å². The van der Waals surface area contributed by atoms with Crippen LogP contribution >= 0.6 is 11.3 Å². The third-order valence-corrected chi connectivity index (χ3v) is 6.39. The van der Waals surface area contributed by atoms with Crippen molar-refractivity contribution in [2.24, 2.45) is 17.6 Å². The zero-order valence-electron chi connectivity index (χ0n) is 15.2. The monoisotopic (exact) mass is 381 g/mol. The van der Waals surface area contributed by atoms with E-state index < -0.39 is 24.3 Å². The number of amides is 1. The number of carbonyl (C=O) groups is 1. The van der Waals surface area contributed by atoms with Crippen molar-refractivity contribution in [1.29, 1.82) is 0 Å². The summed E-state index contributed by atoms with van der Waals surface area (Å²) in [6, 6.07) is -1.14. The van der Waals surface area contributed by atoms with Crippen molar-refractivity contribution < 1.29 is 15.0 Å². The van der Waals surface area contributed by atoms with Gasteiger partial charge in [0, 0.05) is 11.8 Å². The molecule has 2 aliphatic carbocycles. The number of thiazole rings is 1. The second-order valence-electron chi connectivity index (χ2n) is 7.96. The van der Waals surface area contributed by atoms with Crippen LogP contribution in [-0.4, -0.2) is 45.4 Å². The molecule has 3 rings (SSSR count). The molecule has 2 aliphatic rings. The van der Waals surface area contributed by atoms with Crippen LogP contribution in [-0.2, 0) is 11.2 Å². The van der Waals surface area contributed by atoms with E-state index in [9.17, 15) is 15.0 Å². The Kier molecular flexibility index (Phi) is 7.03. The number of nitrogens with one attached hydrogen (secondary N) is 1. The fourth-order valence-corrected chi connectivity index (χ4v) is 4.54. The third-order valence-electron chi connectivity index (χ3n) is 5.76. The van der Waals surface area contributed by atoms with Crippen LogP contribution in [0, 0.1) is 11.8 Å². The molecule has 6 nitrogen and oxygen atoms in total. The standard InChI is InChI=1S/C19H31N3O3S/c20-15(9-14-10-26-11-21-14)19(25)22-16(8-12-4-2-1-3-5-12)18(24)17(23)13-6-7-13/h10-13,15-18,23-24H,1-9,20H2,(H,22,25)/t15-,16-,17-,18+/m0/s1. The SMILES string of the molecule is N[C@@H](Cc1cscn1)C(=O)N[C@@H](CC1CCCCC1)[C@@H](O)[C@@H](O)C1CC1. The van der Waals surface area contributed by atoms with Crippen molar-refractivity contribution in [2.45, 2.75) is 82.1 Å². The second kappa shape index (κ2) is 9.26. The van der Waals surface area contributed by atoms with Crippen LogP contribution in [0.25, 0.3) is 0 Å². The molecule has 5 N–H and O–H groups in total. The van der Waals surface area contributed by atoms with Gasteiger partial charge in [0.1, 0.15) is 6.10 Å². The van der Waals surface area contributed by atoms with Crippen molar-refractivity contribution in [3.05, 3.63) is 16.6 Å². The minimum absolute atomic E-state index is 0.166. The van der Waals surface area contributed by atoms with E-state index in [1.807, 2.05) is 5.38 Å². The van der Waals surface area contributed by atoms with Gasteiger partial charge in [0.05, 0.1) is 29.4 Å². The number of hydrogen-bond donors (Lipinski definition) is 4. The summed E-state index contributed by atoms with van der Waals surface area (Å²) in [5, 5.41) is 25.9. The second-order valence-corrected chi connectivity index (χ2v) is 8.68. The minimum Gasteiger partial charge on any atom is -0.390 e.